The van der Waals surface area contributed by atoms with E-state index in [1.807, 2.05) is 24.3 Å². The number of nitrogens with two attached hydrogens (primary N) is 1. The summed E-state index contributed by atoms with van der Waals surface area (Å²) < 4.78 is 0.828. The van der Waals surface area contributed by atoms with Gasteiger partial charge >= 0.3 is 0 Å². The van der Waals surface area contributed by atoms with E-state index < -0.39 is 0 Å². The smallest absolute Gasteiger partial charge is 0.181 e. The molecule has 4 N–H and O–H groups in total. The monoisotopic (exact) mass is 296 g/mol. The van der Waals surface area contributed by atoms with Crippen LogP contribution in [-0.2, 0) is 0 Å². The summed E-state index contributed by atoms with van der Waals surface area (Å²) in [6, 6.07) is 9.10. The molecule has 2 heterocycles. The predicted molar refractivity (Wildman–Crippen MR) is 85.3 cm³/mol. The lowest BCUT2D eigenvalue weighted by Gasteiger charge is -1.99. The Morgan fingerprint density at radius 3 is 3.05 bits per heavy atom. The summed E-state index contributed by atoms with van der Waals surface area (Å²) in [4.78, 5) is 8.21. The van der Waals surface area contributed by atoms with Gasteiger partial charge in [0.25, 0.3) is 0 Å². The van der Waals surface area contributed by atoms with Crippen LogP contribution in [-0.4, -0.2) is 21.6 Å². The van der Waals surface area contributed by atoms with Gasteiger partial charge in [-0.3, -0.25) is 0 Å². The number of pyridine rings is 1. The number of thiazole rings is 1. The fourth-order valence-electron chi connectivity index (χ4n) is 1.85. The molecule has 0 bridgehead atoms. The zero-order valence-corrected chi connectivity index (χ0v) is 11.8. The van der Waals surface area contributed by atoms with Crippen molar-refractivity contribution in [1.29, 1.82) is 0 Å². The first-order valence-corrected chi connectivity index (χ1v) is 7.07. The average molecular weight is 296 g/mol. The highest BCUT2D eigenvalue weighted by atomic mass is 32.1. The lowest BCUT2D eigenvalue weighted by atomic mass is 10.2. The highest BCUT2D eigenvalue weighted by Gasteiger charge is 2.07. The average Bonchev–Trinajstić information content (AvgIpc) is 2.86. The van der Waals surface area contributed by atoms with E-state index in [0.29, 0.717) is 17.2 Å². The van der Waals surface area contributed by atoms with Crippen LogP contribution in [0.3, 0.4) is 0 Å². The van der Waals surface area contributed by atoms with Gasteiger partial charge in [0.2, 0.25) is 0 Å². The maximum atomic E-state index is 9.90. The minimum absolute atomic E-state index is 0.0995. The summed E-state index contributed by atoms with van der Waals surface area (Å²) in [5, 5.41) is 13.4. The van der Waals surface area contributed by atoms with Gasteiger partial charge in [-0.25, -0.2) is 9.97 Å². The molecule has 0 unspecified atom stereocenters. The largest absolute Gasteiger partial charge is 0.506 e. The van der Waals surface area contributed by atoms with Gasteiger partial charge in [-0.2, -0.15) is 0 Å². The van der Waals surface area contributed by atoms with Gasteiger partial charge in [0.1, 0.15) is 17.1 Å². The van der Waals surface area contributed by atoms with Crippen LogP contribution in [0.25, 0.3) is 10.2 Å². The molecule has 0 aliphatic carbocycles. The molecule has 3 rings (SSSR count). The standard InChI is InChI=1S/C15H12N4OS/c16-15-19-14-11(20)8-10(9-12(14)21-15)4-3-7-18-13-5-1-2-6-17-13/h1-2,5-6,8-9,20H,7H2,(H2,16,19)(H,17,18). The zero-order valence-electron chi connectivity index (χ0n) is 11.0. The molecule has 21 heavy (non-hydrogen) atoms. The second kappa shape index (κ2) is 5.69. The molecule has 0 atom stereocenters. The van der Waals surface area contributed by atoms with Crippen molar-refractivity contribution >= 4 is 32.5 Å². The fourth-order valence-corrected chi connectivity index (χ4v) is 2.64. The maximum Gasteiger partial charge on any atom is 0.181 e. The molecule has 3 aromatic rings. The first kappa shape index (κ1) is 13.2. The van der Waals surface area contributed by atoms with E-state index in [2.05, 4.69) is 27.1 Å². The number of benzene rings is 1. The summed E-state index contributed by atoms with van der Waals surface area (Å²) in [6.07, 6.45) is 1.72. The van der Waals surface area contributed by atoms with Crippen molar-refractivity contribution in [1.82, 2.24) is 9.97 Å². The third-order valence-electron chi connectivity index (χ3n) is 2.75. The number of aromatic hydroxyl groups is 1. The first-order valence-electron chi connectivity index (χ1n) is 6.25. The Bertz CT molecular complexity index is 833. The molecule has 1 aromatic carbocycles. The molecule has 0 amide bonds. The Kier molecular flexibility index (Phi) is 3.58. The third kappa shape index (κ3) is 3.04. The summed E-state index contributed by atoms with van der Waals surface area (Å²) in [5.74, 6) is 6.86. The number of hydrogen-bond acceptors (Lipinski definition) is 6. The van der Waals surface area contributed by atoms with E-state index >= 15 is 0 Å². The second-order valence-electron chi connectivity index (χ2n) is 4.26. The van der Waals surface area contributed by atoms with Crippen molar-refractivity contribution in [2.75, 3.05) is 17.6 Å². The van der Waals surface area contributed by atoms with Gasteiger partial charge in [0.05, 0.1) is 11.2 Å². The van der Waals surface area contributed by atoms with Gasteiger partial charge in [-0.1, -0.05) is 29.2 Å². The molecule has 0 saturated carbocycles. The minimum atomic E-state index is 0.0995. The molecule has 0 spiro atoms. The number of nitrogens with one attached hydrogen (secondary N) is 1. The molecule has 0 aliphatic rings. The van der Waals surface area contributed by atoms with E-state index in [9.17, 15) is 5.11 Å². The number of aromatic nitrogens is 2. The number of nitrogen functional groups attached to an aromatic ring is 1. The zero-order chi connectivity index (χ0) is 14.7. The number of fused-ring (bicyclic) bond motifs is 1. The summed E-state index contributed by atoms with van der Waals surface area (Å²) in [6.45, 7) is 0.473. The van der Waals surface area contributed by atoms with E-state index in [1.165, 1.54) is 11.3 Å². The molecular formula is C15H12N4OS. The van der Waals surface area contributed by atoms with Crippen molar-refractivity contribution < 1.29 is 5.11 Å². The van der Waals surface area contributed by atoms with Crippen molar-refractivity contribution in [2.45, 2.75) is 0 Å². The van der Waals surface area contributed by atoms with E-state index in [4.69, 9.17) is 5.73 Å². The second-order valence-corrected chi connectivity index (χ2v) is 5.33. The molecule has 104 valence electrons. The molecule has 6 heteroatoms. The number of phenolic OH excluding ortho intramolecular Hbond substituents is 1. The van der Waals surface area contributed by atoms with Crippen molar-refractivity contribution in [3.63, 3.8) is 0 Å². The molecule has 0 radical (unpaired) electrons. The van der Waals surface area contributed by atoms with Crippen LogP contribution in [0.5, 0.6) is 5.75 Å². The van der Waals surface area contributed by atoms with Crippen molar-refractivity contribution in [3.8, 4) is 17.6 Å². The third-order valence-corrected chi connectivity index (χ3v) is 3.58. The van der Waals surface area contributed by atoms with Crippen LogP contribution < -0.4 is 11.1 Å². The number of hydrogen-bond donors (Lipinski definition) is 3. The van der Waals surface area contributed by atoms with E-state index in [-0.39, 0.29) is 5.75 Å². The molecule has 0 saturated heterocycles. The Balaban J connectivity index is 1.75. The van der Waals surface area contributed by atoms with Crippen molar-refractivity contribution in [2.24, 2.45) is 0 Å². The molecular weight excluding hydrogens is 284 g/mol. The first-order chi connectivity index (χ1) is 10.2. The molecule has 5 nitrogen and oxygen atoms in total. The van der Waals surface area contributed by atoms with Crippen LogP contribution in [0.2, 0.25) is 0 Å². The Morgan fingerprint density at radius 2 is 2.24 bits per heavy atom. The molecule has 0 aliphatic heterocycles. The van der Waals surface area contributed by atoms with Gasteiger partial charge in [0.15, 0.2) is 5.13 Å². The molecule has 0 fully saturated rings. The molecule has 2 aromatic heterocycles. The van der Waals surface area contributed by atoms with Crippen LogP contribution in [0.1, 0.15) is 5.56 Å². The van der Waals surface area contributed by atoms with Crippen molar-refractivity contribution in [3.05, 3.63) is 42.1 Å². The quantitative estimate of drug-likeness (QED) is 0.633. The van der Waals surface area contributed by atoms with Gasteiger partial charge in [-0.05, 0) is 24.3 Å². The highest BCUT2D eigenvalue weighted by Crippen LogP contribution is 2.31. The van der Waals surface area contributed by atoms with Gasteiger partial charge in [0, 0.05) is 11.8 Å². The predicted octanol–water partition coefficient (Wildman–Crippen LogP) is 2.44. The summed E-state index contributed by atoms with van der Waals surface area (Å²) in [7, 11) is 0. The van der Waals surface area contributed by atoms with E-state index in [1.54, 1.807) is 12.3 Å². The lowest BCUT2D eigenvalue weighted by molar-refractivity contribution is 0.480. The van der Waals surface area contributed by atoms with Crippen LogP contribution in [0.4, 0.5) is 10.9 Å². The summed E-state index contributed by atoms with van der Waals surface area (Å²) >= 11 is 1.33. The SMILES string of the molecule is Nc1nc2c(O)cc(C#CCNc3ccccn3)cc2s1. The number of nitrogens with zero attached hydrogens (tertiary/aromatic N) is 2. The number of anilines is 2. The van der Waals surface area contributed by atoms with Crippen LogP contribution in [0.15, 0.2) is 36.5 Å². The minimum Gasteiger partial charge on any atom is -0.506 e. The highest BCUT2D eigenvalue weighted by molar-refractivity contribution is 7.22. The fraction of sp³-hybridized carbons (Fsp3) is 0.0667. The number of rotatable bonds is 2. The number of phenols is 1. The van der Waals surface area contributed by atoms with E-state index in [0.717, 1.165) is 16.1 Å². The normalized spacial score (nSPS) is 10.1. The van der Waals surface area contributed by atoms with Crippen LogP contribution >= 0.6 is 11.3 Å². The Labute approximate surface area is 125 Å². The lowest BCUT2D eigenvalue weighted by Crippen LogP contribution is -1.99. The summed E-state index contributed by atoms with van der Waals surface area (Å²) in [5.41, 5.74) is 6.89. The Hall–Kier alpha value is -2.78. The Morgan fingerprint density at radius 1 is 1.33 bits per heavy atom. The van der Waals surface area contributed by atoms with Gasteiger partial charge in [-0.15, -0.1) is 0 Å². The van der Waals surface area contributed by atoms with Gasteiger partial charge < -0.3 is 16.2 Å². The maximum absolute atomic E-state index is 9.90. The van der Waals surface area contributed by atoms with Crippen LogP contribution in [0, 0.1) is 11.8 Å². The topological polar surface area (TPSA) is 84.1 Å².